The van der Waals surface area contributed by atoms with E-state index in [2.05, 4.69) is 20.8 Å². The van der Waals surface area contributed by atoms with Crippen LogP contribution in [0.4, 0.5) is 10.8 Å². The Morgan fingerprint density at radius 1 is 1.15 bits per heavy atom. The zero-order valence-electron chi connectivity index (χ0n) is 23.0. The van der Waals surface area contributed by atoms with Gasteiger partial charge in [0.15, 0.2) is 18.1 Å². The highest BCUT2D eigenvalue weighted by Crippen LogP contribution is 2.28. The van der Waals surface area contributed by atoms with Crippen molar-refractivity contribution >= 4 is 40.2 Å². The highest BCUT2D eigenvalue weighted by Gasteiger charge is 2.19. The third kappa shape index (κ3) is 7.19. The monoisotopic (exact) mass is 578 g/mol. The Morgan fingerprint density at radius 2 is 1.93 bits per heavy atom. The number of esters is 1. The van der Waals surface area contributed by atoms with E-state index in [-0.39, 0.29) is 30.2 Å². The number of hydrogen-bond donors (Lipinski definition) is 2. The van der Waals surface area contributed by atoms with Crippen molar-refractivity contribution < 1.29 is 23.8 Å². The lowest BCUT2D eigenvalue weighted by Gasteiger charge is -2.11. The number of para-hydroxylation sites is 1. The van der Waals surface area contributed by atoms with Crippen LogP contribution in [0.25, 0.3) is 5.69 Å². The van der Waals surface area contributed by atoms with Gasteiger partial charge in [0.2, 0.25) is 5.13 Å². The molecule has 13 heteroatoms. The minimum Gasteiger partial charge on any atom is -0.493 e. The second kappa shape index (κ2) is 13.4. The van der Waals surface area contributed by atoms with Crippen molar-refractivity contribution in [3.63, 3.8) is 0 Å². The Kier molecular flexibility index (Phi) is 9.53. The number of hydrazone groups is 1. The second-order valence-corrected chi connectivity index (χ2v) is 9.54. The molecule has 0 radical (unpaired) electrons. The van der Waals surface area contributed by atoms with E-state index in [1.54, 1.807) is 55.4 Å². The molecule has 12 nitrogen and oxygen atoms in total. The van der Waals surface area contributed by atoms with Gasteiger partial charge in [-0.3, -0.25) is 24.5 Å². The smallest absolute Gasteiger partial charge is 0.311 e. The van der Waals surface area contributed by atoms with Gasteiger partial charge in [0.1, 0.15) is 5.69 Å². The summed E-state index contributed by atoms with van der Waals surface area (Å²) in [6.45, 7) is 3.50. The molecule has 0 unspecified atom stereocenters. The number of nitrogens with zero attached hydrogens (tertiary/aromatic N) is 4. The number of thiazole rings is 1. The van der Waals surface area contributed by atoms with Gasteiger partial charge < -0.3 is 19.5 Å². The van der Waals surface area contributed by atoms with E-state index in [9.17, 15) is 14.4 Å². The lowest BCUT2D eigenvalue weighted by molar-refractivity contribution is -0.142. The highest BCUT2D eigenvalue weighted by atomic mass is 32.1. The average Bonchev–Trinajstić information content (AvgIpc) is 3.49. The largest absolute Gasteiger partial charge is 0.493 e. The lowest BCUT2D eigenvalue weighted by atomic mass is 10.2. The van der Waals surface area contributed by atoms with Crippen LogP contribution in [0.1, 0.15) is 23.9 Å². The van der Waals surface area contributed by atoms with E-state index >= 15 is 0 Å². The number of hydrogen-bond acceptors (Lipinski definition) is 10. The van der Waals surface area contributed by atoms with Gasteiger partial charge in [-0.2, -0.15) is 5.10 Å². The molecule has 2 N–H and O–H groups in total. The number of rotatable bonds is 12. The molecule has 214 valence electrons. The molecule has 0 fully saturated rings. The molecule has 2 heterocycles. The molecule has 41 heavy (non-hydrogen) atoms. The van der Waals surface area contributed by atoms with Gasteiger partial charge in [-0.15, -0.1) is 11.3 Å². The molecule has 0 bridgehead atoms. The summed E-state index contributed by atoms with van der Waals surface area (Å²) in [5.74, 6) is -0.0715. The van der Waals surface area contributed by atoms with Gasteiger partial charge in [0.25, 0.3) is 11.5 Å². The Morgan fingerprint density at radius 3 is 2.66 bits per heavy atom. The van der Waals surface area contributed by atoms with Crippen molar-refractivity contribution in [2.75, 3.05) is 31.1 Å². The van der Waals surface area contributed by atoms with Crippen LogP contribution in [-0.2, 0) is 27.8 Å². The van der Waals surface area contributed by atoms with Crippen LogP contribution in [0.15, 0.2) is 63.8 Å². The number of aromatic nitrogens is 3. The van der Waals surface area contributed by atoms with Crippen LogP contribution < -0.4 is 25.8 Å². The molecule has 0 aliphatic rings. The van der Waals surface area contributed by atoms with Crippen molar-refractivity contribution in [3.8, 4) is 17.2 Å². The van der Waals surface area contributed by atoms with Crippen LogP contribution in [0, 0.1) is 6.92 Å². The van der Waals surface area contributed by atoms with Crippen LogP contribution in [0.5, 0.6) is 11.5 Å². The van der Waals surface area contributed by atoms with Crippen molar-refractivity contribution in [1.82, 2.24) is 14.3 Å². The first-order chi connectivity index (χ1) is 19.8. The number of carbonyl (C=O) groups is 2. The summed E-state index contributed by atoms with van der Waals surface area (Å²) in [6.07, 6.45) is 1.67. The number of nitrogens with one attached hydrogen (secondary N) is 2. The van der Waals surface area contributed by atoms with Crippen molar-refractivity contribution in [1.29, 1.82) is 0 Å². The quantitative estimate of drug-likeness (QED) is 0.148. The predicted octanol–water partition coefficient (Wildman–Crippen LogP) is 3.52. The van der Waals surface area contributed by atoms with Crippen molar-refractivity contribution in [2.24, 2.45) is 12.1 Å². The first kappa shape index (κ1) is 29.1. The van der Waals surface area contributed by atoms with Crippen LogP contribution in [-0.4, -0.2) is 52.8 Å². The molecule has 4 rings (SSSR count). The summed E-state index contributed by atoms with van der Waals surface area (Å²) in [4.78, 5) is 41.6. The van der Waals surface area contributed by atoms with Gasteiger partial charge in [-0.25, -0.2) is 9.67 Å². The van der Waals surface area contributed by atoms with Crippen molar-refractivity contribution in [3.05, 3.63) is 81.2 Å². The minimum atomic E-state index is -0.487. The second-order valence-electron chi connectivity index (χ2n) is 8.68. The lowest BCUT2D eigenvalue weighted by Crippen LogP contribution is -2.25. The van der Waals surface area contributed by atoms with E-state index in [0.29, 0.717) is 45.9 Å². The number of ether oxygens (including phenoxy) is 3. The van der Waals surface area contributed by atoms with Crippen LogP contribution in [0.3, 0.4) is 0 Å². The molecule has 1 amide bonds. The van der Waals surface area contributed by atoms with Gasteiger partial charge in [-0.1, -0.05) is 18.2 Å². The Bertz CT molecular complexity index is 1610. The third-order valence-corrected chi connectivity index (χ3v) is 6.72. The van der Waals surface area contributed by atoms with Gasteiger partial charge in [0, 0.05) is 12.4 Å². The van der Waals surface area contributed by atoms with Crippen LogP contribution in [0.2, 0.25) is 0 Å². The maximum atomic E-state index is 13.0. The summed E-state index contributed by atoms with van der Waals surface area (Å²) < 4.78 is 19.2. The molecule has 2 aromatic heterocycles. The maximum absolute atomic E-state index is 13.0. The highest BCUT2D eigenvalue weighted by molar-refractivity contribution is 7.13. The molecule has 0 saturated heterocycles. The number of methoxy groups -OCH3 is 1. The normalized spacial score (nSPS) is 10.9. The molecular weight excluding hydrogens is 548 g/mol. The third-order valence-electron chi connectivity index (χ3n) is 5.92. The fraction of sp³-hybridized carbons (Fsp3) is 0.250. The Balaban J connectivity index is 1.35. The molecular formula is C28H30N6O6S. The van der Waals surface area contributed by atoms with E-state index < -0.39 is 5.91 Å². The molecule has 0 saturated carbocycles. The van der Waals surface area contributed by atoms with Crippen molar-refractivity contribution in [2.45, 2.75) is 20.3 Å². The van der Waals surface area contributed by atoms with Gasteiger partial charge >= 0.3 is 5.97 Å². The van der Waals surface area contributed by atoms with E-state index in [1.807, 2.05) is 30.3 Å². The van der Waals surface area contributed by atoms with E-state index in [1.165, 1.54) is 23.1 Å². The van der Waals surface area contributed by atoms with Gasteiger partial charge in [-0.05, 0) is 49.7 Å². The maximum Gasteiger partial charge on any atom is 0.311 e. The first-order valence-electron chi connectivity index (χ1n) is 12.6. The zero-order valence-corrected chi connectivity index (χ0v) is 23.9. The zero-order chi connectivity index (χ0) is 29.4. The molecule has 2 aromatic carbocycles. The summed E-state index contributed by atoms with van der Waals surface area (Å²) in [5, 5.41) is 9.14. The number of amides is 1. The van der Waals surface area contributed by atoms with E-state index in [4.69, 9.17) is 14.2 Å². The summed E-state index contributed by atoms with van der Waals surface area (Å²) in [5.41, 5.74) is 5.27. The molecule has 0 aliphatic heterocycles. The first-order valence-corrected chi connectivity index (χ1v) is 13.5. The SMILES string of the molecule is CCOC(=O)Cc1csc(NN=Cc2ccc(OCC(=O)Nc3c(C)n(C)n(-c4ccccc4)c3=O)c(OC)c2)n1. The Labute approximate surface area is 240 Å². The minimum absolute atomic E-state index is 0.100. The van der Waals surface area contributed by atoms with E-state index in [0.717, 1.165) is 0 Å². The molecule has 0 atom stereocenters. The standard InChI is InChI=1S/C28H30N6O6S/c1-5-39-25(36)14-20-17-41-28(30-20)32-29-15-19-11-12-22(23(13-19)38-4)40-16-24(35)31-26-18(2)33(3)34(27(26)37)21-9-7-6-8-10-21/h6-13,15,17H,5,14,16H2,1-4H3,(H,30,32)(H,31,35). The number of anilines is 2. The summed E-state index contributed by atoms with van der Waals surface area (Å²) in [6, 6.07) is 14.3. The fourth-order valence-electron chi connectivity index (χ4n) is 3.88. The average molecular weight is 579 g/mol. The topological polar surface area (TPSA) is 138 Å². The summed E-state index contributed by atoms with van der Waals surface area (Å²) in [7, 11) is 3.24. The molecule has 0 spiro atoms. The number of carbonyl (C=O) groups excluding carboxylic acids is 2. The summed E-state index contributed by atoms with van der Waals surface area (Å²) >= 11 is 1.32. The fourth-order valence-corrected chi connectivity index (χ4v) is 4.54. The predicted molar refractivity (Wildman–Crippen MR) is 157 cm³/mol. The molecule has 0 aliphatic carbocycles. The Hall–Kier alpha value is -4.91. The molecule has 4 aromatic rings. The van der Waals surface area contributed by atoms with Crippen LogP contribution >= 0.6 is 11.3 Å². The van der Waals surface area contributed by atoms with Gasteiger partial charge in [0.05, 0.1) is 43.4 Å². The number of benzene rings is 2.